The van der Waals surface area contributed by atoms with Crippen molar-refractivity contribution < 1.29 is 47.9 Å². The van der Waals surface area contributed by atoms with Crippen molar-refractivity contribution in [2.45, 2.75) is 24.4 Å². The molecule has 2 amide bonds. The molecule has 9 nitrogen and oxygen atoms in total. The number of amides is 2. The Kier molecular flexibility index (Phi) is 7.54. The third kappa shape index (κ3) is 4.67. The molecule has 0 aliphatic carbocycles. The minimum absolute atomic E-state index is 0. The number of ether oxygens (including phenoxy) is 1. The molecule has 11 heteroatoms. The Hall–Kier alpha value is -2.25. The van der Waals surface area contributed by atoms with Gasteiger partial charge in [-0.15, -0.1) is 11.8 Å². The number of carbonyl (C=O) groups is 4. The first kappa shape index (κ1) is 23.0. The molecular weight excluding hydrogens is 393 g/mol. The predicted octanol–water partition coefficient (Wildman–Crippen LogP) is -4.34. The monoisotopic (exact) mass is 411 g/mol. The van der Waals surface area contributed by atoms with Gasteiger partial charge in [0.2, 0.25) is 5.91 Å². The Bertz CT molecular complexity index is 862. The van der Waals surface area contributed by atoms with Gasteiger partial charge < -0.3 is 25.7 Å². The molecular formula is C18H18LiN3O6S. The van der Waals surface area contributed by atoms with E-state index in [4.69, 9.17) is 10.5 Å². The molecule has 2 heterocycles. The van der Waals surface area contributed by atoms with Crippen molar-refractivity contribution in [2.24, 2.45) is 5.73 Å². The summed E-state index contributed by atoms with van der Waals surface area (Å²) >= 11 is 1.26. The molecule has 0 saturated carbocycles. The van der Waals surface area contributed by atoms with Crippen LogP contribution in [0.1, 0.15) is 18.5 Å². The fraction of sp³-hybridized carbons (Fsp3) is 0.333. The number of carboxylic acids is 1. The normalized spacial score (nSPS) is 21.3. The summed E-state index contributed by atoms with van der Waals surface area (Å²) in [5, 5.41) is 13.5. The molecule has 148 valence electrons. The summed E-state index contributed by atoms with van der Waals surface area (Å²) in [7, 11) is 0. The molecule has 0 bridgehead atoms. The smallest absolute Gasteiger partial charge is 0.543 e. The molecule has 3 N–H and O–H groups in total. The van der Waals surface area contributed by atoms with Gasteiger partial charge in [0, 0.05) is 18.2 Å². The maximum Gasteiger partial charge on any atom is 1.00 e. The van der Waals surface area contributed by atoms with Crippen LogP contribution in [0.2, 0.25) is 0 Å². The summed E-state index contributed by atoms with van der Waals surface area (Å²) in [5.41, 5.74) is 6.50. The van der Waals surface area contributed by atoms with E-state index in [2.05, 4.69) is 5.32 Å². The van der Waals surface area contributed by atoms with Crippen LogP contribution in [-0.2, 0) is 23.9 Å². The molecule has 0 spiro atoms. The van der Waals surface area contributed by atoms with Crippen LogP contribution in [0.4, 0.5) is 0 Å². The summed E-state index contributed by atoms with van der Waals surface area (Å²) in [5.74, 6) is -2.99. The van der Waals surface area contributed by atoms with Gasteiger partial charge in [0.1, 0.15) is 24.1 Å². The van der Waals surface area contributed by atoms with Crippen molar-refractivity contribution in [2.75, 3.05) is 12.4 Å². The van der Waals surface area contributed by atoms with E-state index < -0.39 is 41.2 Å². The summed E-state index contributed by atoms with van der Waals surface area (Å²) in [4.78, 5) is 48.5. The van der Waals surface area contributed by atoms with Gasteiger partial charge in [-0.1, -0.05) is 30.3 Å². The second kappa shape index (κ2) is 9.50. The van der Waals surface area contributed by atoms with Crippen LogP contribution in [0.15, 0.2) is 41.6 Å². The summed E-state index contributed by atoms with van der Waals surface area (Å²) in [6, 6.07) is 6.85. The van der Waals surface area contributed by atoms with E-state index in [1.165, 1.54) is 18.7 Å². The molecule has 0 radical (unpaired) electrons. The fourth-order valence-corrected chi connectivity index (χ4v) is 4.35. The minimum atomic E-state index is -1.54. The van der Waals surface area contributed by atoms with Gasteiger partial charge in [-0.2, -0.15) is 0 Å². The second-order valence-electron chi connectivity index (χ2n) is 6.30. The number of nitrogens with two attached hydrogens (primary N) is 1. The SMILES string of the molecule is CC(=O)OCC1=C(C(=O)[O-])N2C(=O)[C@H](NC(=O)C(N)c3ccccc3)[C@H]2SC1.[Li+]. The quantitative estimate of drug-likeness (QED) is 0.272. The van der Waals surface area contributed by atoms with Crippen LogP contribution < -0.4 is 35.0 Å². The van der Waals surface area contributed by atoms with E-state index in [0.717, 1.165) is 4.90 Å². The van der Waals surface area contributed by atoms with E-state index in [1.54, 1.807) is 30.3 Å². The molecule has 1 aromatic carbocycles. The van der Waals surface area contributed by atoms with Gasteiger partial charge in [-0.25, -0.2) is 0 Å². The molecule has 1 aromatic rings. The average molecular weight is 411 g/mol. The number of nitrogens with zero attached hydrogens (tertiary/aromatic N) is 1. The third-order valence-electron chi connectivity index (χ3n) is 4.43. The van der Waals surface area contributed by atoms with Crippen LogP contribution >= 0.6 is 11.8 Å². The number of fused-ring (bicyclic) bond motifs is 1. The van der Waals surface area contributed by atoms with Gasteiger partial charge in [-0.3, -0.25) is 19.3 Å². The van der Waals surface area contributed by atoms with Crippen molar-refractivity contribution in [3.05, 3.63) is 47.2 Å². The number of aliphatic carboxylic acids is 1. The first-order valence-corrected chi connectivity index (χ1v) is 9.48. The van der Waals surface area contributed by atoms with Gasteiger partial charge >= 0.3 is 24.8 Å². The maximum atomic E-state index is 12.5. The fourth-order valence-electron chi connectivity index (χ4n) is 3.03. The first-order valence-electron chi connectivity index (χ1n) is 8.43. The van der Waals surface area contributed by atoms with E-state index in [-0.39, 0.29) is 42.5 Å². The van der Waals surface area contributed by atoms with Crippen LogP contribution in [0.5, 0.6) is 0 Å². The maximum absolute atomic E-state index is 12.5. The number of nitrogens with one attached hydrogen (secondary N) is 1. The number of β-lactam (4-membered cyclic amide) rings is 1. The van der Waals surface area contributed by atoms with Crippen LogP contribution in [0.3, 0.4) is 0 Å². The number of hydrogen-bond donors (Lipinski definition) is 2. The molecule has 2 aliphatic rings. The topological polar surface area (TPSA) is 142 Å². The van der Waals surface area contributed by atoms with Crippen molar-refractivity contribution >= 4 is 35.5 Å². The third-order valence-corrected chi connectivity index (χ3v) is 5.77. The average Bonchev–Trinajstić information content (AvgIpc) is 2.69. The Morgan fingerprint density at radius 1 is 1.34 bits per heavy atom. The number of benzene rings is 1. The number of esters is 1. The Balaban J connectivity index is 0.00000300. The number of carbonyl (C=O) groups excluding carboxylic acids is 4. The largest absolute Gasteiger partial charge is 1.00 e. The Morgan fingerprint density at radius 3 is 2.59 bits per heavy atom. The van der Waals surface area contributed by atoms with E-state index >= 15 is 0 Å². The number of carboxylic acid groups (broad SMARTS) is 1. The molecule has 1 saturated heterocycles. The summed E-state index contributed by atoms with van der Waals surface area (Å²) in [6.45, 7) is 0.965. The van der Waals surface area contributed by atoms with Gasteiger partial charge in [0.05, 0.1) is 11.7 Å². The molecule has 29 heavy (non-hydrogen) atoms. The second-order valence-corrected chi connectivity index (χ2v) is 7.41. The molecule has 2 aliphatic heterocycles. The van der Waals surface area contributed by atoms with Crippen LogP contribution in [-0.4, -0.2) is 52.4 Å². The molecule has 0 aromatic heterocycles. The van der Waals surface area contributed by atoms with E-state index in [1.807, 2.05) is 0 Å². The molecule has 1 unspecified atom stereocenters. The van der Waals surface area contributed by atoms with E-state index in [0.29, 0.717) is 5.56 Å². The zero-order valence-corrected chi connectivity index (χ0v) is 16.7. The standard InChI is InChI=1S/C18H19N3O6S.Li/c1-9(22)27-7-11-8-28-17-13(16(24)21(17)14(11)18(25)26)20-15(23)12(19)10-5-3-2-4-6-10;/h2-6,12-13,17H,7-8,19H2,1H3,(H,20,23)(H,25,26);/q;+1/p-1/t12?,13-,17+;/m0./s1. The van der Waals surface area contributed by atoms with Gasteiger partial charge in [0.15, 0.2) is 0 Å². The van der Waals surface area contributed by atoms with Crippen molar-refractivity contribution in [3.8, 4) is 0 Å². The van der Waals surface area contributed by atoms with Crippen LogP contribution in [0.25, 0.3) is 0 Å². The molecule has 1 fully saturated rings. The van der Waals surface area contributed by atoms with Gasteiger partial charge in [-0.05, 0) is 5.56 Å². The zero-order valence-electron chi connectivity index (χ0n) is 15.9. The number of hydrogen-bond acceptors (Lipinski definition) is 8. The Labute approximate surface area is 183 Å². The molecule has 3 rings (SSSR count). The Morgan fingerprint density at radius 2 is 2.00 bits per heavy atom. The summed E-state index contributed by atoms with van der Waals surface area (Å²) in [6.07, 6.45) is 0. The first-order chi connectivity index (χ1) is 13.3. The predicted molar refractivity (Wildman–Crippen MR) is 97.1 cm³/mol. The number of thioether (sulfide) groups is 1. The van der Waals surface area contributed by atoms with E-state index in [9.17, 15) is 24.3 Å². The summed E-state index contributed by atoms with van der Waals surface area (Å²) < 4.78 is 4.85. The van der Waals surface area contributed by atoms with Crippen molar-refractivity contribution in [1.29, 1.82) is 0 Å². The van der Waals surface area contributed by atoms with Crippen molar-refractivity contribution in [3.63, 3.8) is 0 Å². The van der Waals surface area contributed by atoms with Crippen molar-refractivity contribution in [1.82, 2.24) is 10.2 Å². The zero-order chi connectivity index (χ0) is 20.4. The number of rotatable bonds is 6. The van der Waals surface area contributed by atoms with Crippen LogP contribution in [0, 0.1) is 0 Å². The van der Waals surface area contributed by atoms with Gasteiger partial charge in [0.25, 0.3) is 5.91 Å². The minimum Gasteiger partial charge on any atom is -0.543 e. The molecule has 3 atom stereocenters.